The summed E-state index contributed by atoms with van der Waals surface area (Å²) in [5, 5.41) is 3.23. The third kappa shape index (κ3) is 2.20. The minimum atomic E-state index is 0.602. The summed E-state index contributed by atoms with van der Waals surface area (Å²) in [6, 6.07) is 6.11. The molecule has 1 heterocycles. The lowest BCUT2D eigenvalue weighted by molar-refractivity contribution is 0.302. The van der Waals surface area contributed by atoms with Gasteiger partial charge in [0.1, 0.15) is 5.52 Å². The zero-order valence-electron chi connectivity index (χ0n) is 9.78. The van der Waals surface area contributed by atoms with Gasteiger partial charge in [0.05, 0.1) is 0 Å². The number of aromatic nitrogens is 1. The predicted molar refractivity (Wildman–Crippen MR) is 68.9 cm³/mol. The van der Waals surface area contributed by atoms with Crippen molar-refractivity contribution in [2.24, 2.45) is 5.92 Å². The topological polar surface area (TPSA) is 64.1 Å². The average Bonchev–Trinajstić information content (AvgIpc) is 2.63. The van der Waals surface area contributed by atoms with Gasteiger partial charge in [-0.05, 0) is 30.5 Å². The highest BCUT2D eigenvalue weighted by molar-refractivity contribution is 5.78. The van der Waals surface area contributed by atoms with Gasteiger partial charge in [0.25, 0.3) is 6.01 Å². The maximum atomic E-state index is 5.70. The molecule has 0 unspecified atom stereocenters. The Morgan fingerprint density at radius 2 is 2.29 bits per heavy atom. The molecule has 0 atom stereocenters. The molecule has 0 radical (unpaired) electrons. The Morgan fingerprint density at radius 3 is 3.06 bits per heavy atom. The summed E-state index contributed by atoms with van der Waals surface area (Å²) in [6.45, 7) is 0.937. The highest BCUT2D eigenvalue weighted by Crippen LogP contribution is 2.29. The molecule has 17 heavy (non-hydrogen) atoms. The fraction of sp³-hybridized carbons (Fsp3) is 0.462. The lowest BCUT2D eigenvalue weighted by Crippen LogP contribution is -2.15. The summed E-state index contributed by atoms with van der Waals surface area (Å²) >= 11 is 0. The van der Waals surface area contributed by atoms with Crippen molar-refractivity contribution < 1.29 is 4.42 Å². The van der Waals surface area contributed by atoms with Gasteiger partial charge in [-0.3, -0.25) is 0 Å². The molecule has 3 N–H and O–H groups in total. The first kappa shape index (κ1) is 10.4. The van der Waals surface area contributed by atoms with Crippen molar-refractivity contribution in [1.29, 1.82) is 0 Å². The second kappa shape index (κ2) is 4.28. The Labute approximate surface area is 100 Å². The van der Waals surface area contributed by atoms with Crippen molar-refractivity contribution in [3.63, 3.8) is 0 Å². The van der Waals surface area contributed by atoms with Crippen LogP contribution < -0.4 is 11.1 Å². The summed E-state index contributed by atoms with van der Waals surface area (Å²) in [4.78, 5) is 4.36. The van der Waals surface area contributed by atoms with Gasteiger partial charge in [0.2, 0.25) is 0 Å². The Bertz CT molecular complexity index is 516. The van der Waals surface area contributed by atoms with Gasteiger partial charge in [-0.15, -0.1) is 0 Å². The first-order valence-corrected chi connectivity index (χ1v) is 6.21. The van der Waals surface area contributed by atoms with Crippen LogP contribution in [0, 0.1) is 5.92 Å². The van der Waals surface area contributed by atoms with E-state index < -0.39 is 0 Å². The average molecular weight is 231 g/mol. The normalized spacial score (nSPS) is 16.0. The molecule has 1 aromatic heterocycles. The molecule has 3 rings (SSSR count). The summed E-state index contributed by atoms with van der Waals surface area (Å²) in [7, 11) is 0. The van der Waals surface area contributed by atoms with Crippen LogP contribution in [0.25, 0.3) is 11.1 Å². The van der Waals surface area contributed by atoms with Crippen LogP contribution in [0.2, 0.25) is 0 Å². The molecule has 0 aliphatic heterocycles. The smallest absolute Gasteiger partial charge is 0.295 e. The van der Waals surface area contributed by atoms with Crippen molar-refractivity contribution in [2.45, 2.75) is 25.7 Å². The van der Waals surface area contributed by atoms with E-state index in [2.05, 4.69) is 10.3 Å². The van der Waals surface area contributed by atoms with Crippen LogP contribution in [-0.2, 0) is 0 Å². The summed E-state index contributed by atoms with van der Waals surface area (Å²) < 4.78 is 5.58. The van der Waals surface area contributed by atoms with Crippen LogP contribution in [-0.4, -0.2) is 11.5 Å². The van der Waals surface area contributed by atoms with Gasteiger partial charge in [0.15, 0.2) is 5.58 Å². The second-order valence-corrected chi connectivity index (χ2v) is 4.76. The van der Waals surface area contributed by atoms with Crippen molar-refractivity contribution in [2.75, 3.05) is 17.6 Å². The number of benzene rings is 1. The lowest BCUT2D eigenvalue weighted by Gasteiger charge is -2.24. The van der Waals surface area contributed by atoms with Crippen molar-refractivity contribution in [3.8, 4) is 0 Å². The number of nitrogens with zero attached hydrogens (tertiary/aromatic N) is 1. The van der Waals surface area contributed by atoms with E-state index in [-0.39, 0.29) is 0 Å². The molecule has 0 spiro atoms. The third-order valence-electron chi connectivity index (χ3n) is 3.47. The van der Waals surface area contributed by atoms with E-state index in [0.717, 1.165) is 23.6 Å². The molecule has 0 amide bonds. The quantitative estimate of drug-likeness (QED) is 0.794. The molecular formula is C13H17N3O. The van der Waals surface area contributed by atoms with Crippen LogP contribution in [0.15, 0.2) is 22.6 Å². The maximum absolute atomic E-state index is 5.70. The van der Waals surface area contributed by atoms with Gasteiger partial charge in [-0.2, -0.15) is 4.98 Å². The number of oxazole rings is 1. The van der Waals surface area contributed by atoms with Gasteiger partial charge < -0.3 is 15.5 Å². The highest BCUT2D eigenvalue weighted by atomic mass is 16.4. The van der Waals surface area contributed by atoms with E-state index in [9.17, 15) is 0 Å². The zero-order valence-corrected chi connectivity index (χ0v) is 9.78. The number of rotatable bonds is 4. The molecule has 4 nitrogen and oxygen atoms in total. The van der Waals surface area contributed by atoms with Crippen molar-refractivity contribution >= 4 is 22.8 Å². The number of nitrogens with one attached hydrogen (secondary N) is 1. The molecular weight excluding hydrogens is 214 g/mol. The number of nitrogen functional groups attached to an aromatic ring is 1. The Morgan fingerprint density at radius 1 is 1.41 bits per heavy atom. The number of fused-ring (bicyclic) bond motifs is 1. The van der Waals surface area contributed by atoms with Gasteiger partial charge in [-0.1, -0.05) is 19.3 Å². The maximum Gasteiger partial charge on any atom is 0.295 e. The van der Waals surface area contributed by atoms with Crippen LogP contribution in [0.4, 0.5) is 11.7 Å². The standard InChI is InChI=1S/C13H17N3O/c14-10-4-5-12-11(8-10)16-13(17-12)15-7-6-9-2-1-3-9/h4-5,8-9H,1-3,6-7,14H2,(H,15,16). The number of nitrogens with two attached hydrogens (primary N) is 1. The predicted octanol–water partition coefficient (Wildman–Crippen LogP) is 3.01. The zero-order chi connectivity index (χ0) is 11.7. The van der Waals surface area contributed by atoms with Crippen LogP contribution in [0.1, 0.15) is 25.7 Å². The minimum absolute atomic E-state index is 0.602. The van der Waals surface area contributed by atoms with Crippen molar-refractivity contribution in [3.05, 3.63) is 18.2 Å². The lowest BCUT2D eigenvalue weighted by atomic mass is 9.83. The largest absolute Gasteiger partial charge is 0.424 e. The van der Waals surface area contributed by atoms with Crippen LogP contribution >= 0.6 is 0 Å². The number of hydrogen-bond donors (Lipinski definition) is 2. The van der Waals surface area contributed by atoms with Gasteiger partial charge >= 0.3 is 0 Å². The number of anilines is 2. The Kier molecular flexibility index (Phi) is 2.63. The first-order valence-electron chi connectivity index (χ1n) is 6.21. The molecule has 0 bridgehead atoms. The van der Waals surface area contributed by atoms with E-state index in [1.54, 1.807) is 0 Å². The molecule has 90 valence electrons. The SMILES string of the molecule is Nc1ccc2oc(NCCC3CCC3)nc2c1. The fourth-order valence-electron chi connectivity index (χ4n) is 2.18. The molecule has 1 fully saturated rings. The number of hydrogen-bond acceptors (Lipinski definition) is 4. The summed E-state index contributed by atoms with van der Waals surface area (Å²) in [5.74, 6) is 0.905. The van der Waals surface area contributed by atoms with E-state index in [4.69, 9.17) is 10.2 Å². The highest BCUT2D eigenvalue weighted by Gasteiger charge is 2.16. The van der Waals surface area contributed by atoms with E-state index in [1.807, 2.05) is 18.2 Å². The monoisotopic (exact) mass is 231 g/mol. The first-order chi connectivity index (χ1) is 8.31. The van der Waals surface area contributed by atoms with Crippen molar-refractivity contribution in [1.82, 2.24) is 4.98 Å². The molecule has 1 saturated carbocycles. The molecule has 4 heteroatoms. The van der Waals surface area contributed by atoms with Gasteiger partial charge in [-0.25, -0.2) is 0 Å². The summed E-state index contributed by atoms with van der Waals surface area (Å²) in [6.07, 6.45) is 5.37. The minimum Gasteiger partial charge on any atom is -0.424 e. The molecule has 1 aliphatic carbocycles. The summed E-state index contributed by atoms with van der Waals surface area (Å²) in [5.41, 5.74) is 8.01. The Balaban J connectivity index is 1.64. The van der Waals surface area contributed by atoms with E-state index in [0.29, 0.717) is 11.7 Å². The molecule has 2 aromatic rings. The van der Waals surface area contributed by atoms with Crippen LogP contribution in [0.3, 0.4) is 0 Å². The van der Waals surface area contributed by atoms with Crippen LogP contribution in [0.5, 0.6) is 0 Å². The molecule has 1 aliphatic rings. The van der Waals surface area contributed by atoms with E-state index in [1.165, 1.54) is 25.7 Å². The molecule has 0 saturated heterocycles. The third-order valence-corrected chi connectivity index (χ3v) is 3.47. The van der Waals surface area contributed by atoms with E-state index >= 15 is 0 Å². The second-order valence-electron chi connectivity index (χ2n) is 4.76. The Hall–Kier alpha value is -1.71. The molecule has 1 aromatic carbocycles. The fourth-order valence-corrected chi connectivity index (χ4v) is 2.18. The van der Waals surface area contributed by atoms with Gasteiger partial charge in [0, 0.05) is 12.2 Å².